The Morgan fingerprint density at radius 3 is 2.12 bits per heavy atom. The number of benzene rings is 3. The van der Waals surface area contributed by atoms with Gasteiger partial charge in [0, 0.05) is 27.1 Å². The van der Waals surface area contributed by atoms with Crippen molar-refractivity contribution in [1.29, 1.82) is 0 Å². The highest BCUT2D eigenvalue weighted by Crippen LogP contribution is 2.59. The van der Waals surface area contributed by atoms with Gasteiger partial charge in [-0.15, -0.1) is 0 Å². The number of hydrogen-bond acceptors (Lipinski definition) is 8. The number of carbonyl (C=O) groups is 3. The summed E-state index contributed by atoms with van der Waals surface area (Å²) in [4.78, 5) is 43.8. The van der Waals surface area contributed by atoms with E-state index in [4.69, 9.17) is 68.3 Å². The number of methoxy groups -OCH3 is 1. The van der Waals surface area contributed by atoms with E-state index in [0.717, 1.165) is 4.90 Å². The summed E-state index contributed by atoms with van der Waals surface area (Å²) >= 11 is 25.2. The number of ether oxygens (including phenoxy) is 1. The first-order valence-electron chi connectivity index (χ1n) is 12.2. The van der Waals surface area contributed by atoms with Crippen molar-refractivity contribution in [3.05, 3.63) is 85.8 Å². The minimum Gasteiger partial charge on any atom is -0.496 e. The molecular weight excluding hydrogens is 614 g/mol. The summed E-state index contributed by atoms with van der Waals surface area (Å²) < 4.78 is 5.50. The molecule has 0 aromatic heterocycles. The molecular formula is C27H22Cl4N6O4. The first-order valence-corrected chi connectivity index (χ1v) is 13.7. The summed E-state index contributed by atoms with van der Waals surface area (Å²) in [6, 6.07) is 13.9. The van der Waals surface area contributed by atoms with Crippen LogP contribution in [0.15, 0.2) is 54.6 Å². The zero-order valence-corrected chi connectivity index (χ0v) is 24.3. The first-order chi connectivity index (χ1) is 19.2. The molecule has 41 heavy (non-hydrogen) atoms. The molecule has 2 saturated heterocycles. The van der Waals surface area contributed by atoms with Gasteiger partial charge in [0.05, 0.1) is 23.5 Å². The number of hydrogen-bond donors (Lipinski definition) is 5. The van der Waals surface area contributed by atoms with Crippen molar-refractivity contribution in [2.24, 2.45) is 17.2 Å². The van der Waals surface area contributed by atoms with Crippen LogP contribution in [0.25, 0.3) is 0 Å². The number of halogens is 4. The molecule has 0 saturated carbocycles. The number of nitrogens with zero attached hydrogens (tertiary/aromatic N) is 1. The zero-order chi connectivity index (χ0) is 29.7. The third-order valence-electron chi connectivity index (χ3n) is 8.21. The fourth-order valence-corrected chi connectivity index (χ4v) is 7.45. The van der Waals surface area contributed by atoms with Crippen LogP contribution >= 0.6 is 46.4 Å². The predicted octanol–water partition coefficient (Wildman–Crippen LogP) is 2.93. The van der Waals surface area contributed by atoms with Crippen LogP contribution in [0.1, 0.15) is 11.1 Å². The molecule has 10 nitrogen and oxygen atoms in total. The Balaban J connectivity index is 1.66. The number of amides is 3. The maximum Gasteiger partial charge on any atom is 0.259 e. The molecule has 3 aliphatic rings. The Kier molecular flexibility index (Phi) is 6.21. The third-order valence-corrected chi connectivity index (χ3v) is 9.17. The summed E-state index contributed by atoms with van der Waals surface area (Å²) in [6.45, 7) is 0. The van der Waals surface area contributed by atoms with Crippen molar-refractivity contribution in [3.8, 4) is 5.75 Å². The molecule has 4 atom stereocenters. The largest absolute Gasteiger partial charge is 0.496 e. The van der Waals surface area contributed by atoms with Crippen molar-refractivity contribution in [1.82, 2.24) is 5.32 Å². The molecule has 3 aromatic rings. The van der Waals surface area contributed by atoms with Crippen LogP contribution in [-0.2, 0) is 26.3 Å². The van der Waals surface area contributed by atoms with Crippen molar-refractivity contribution in [3.63, 3.8) is 0 Å². The van der Waals surface area contributed by atoms with Gasteiger partial charge < -0.3 is 27.3 Å². The van der Waals surface area contributed by atoms with E-state index in [1.807, 2.05) is 0 Å². The summed E-state index contributed by atoms with van der Waals surface area (Å²) in [5, 5.41) is 6.26. The molecule has 0 bridgehead atoms. The number of anilines is 2. The molecule has 14 heteroatoms. The second kappa shape index (κ2) is 9.03. The summed E-state index contributed by atoms with van der Waals surface area (Å²) in [6.07, 6.45) is -0.186. The monoisotopic (exact) mass is 634 g/mol. The molecule has 2 fully saturated rings. The van der Waals surface area contributed by atoms with Gasteiger partial charge in [-0.1, -0.05) is 64.6 Å². The molecule has 3 aromatic carbocycles. The number of para-hydroxylation sites is 1. The number of nitrogens with one attached hydrogen (secondary N) is 2. The van der Waals surface area contributed by atoms with Crippen molar-refractivity contribution >= 4 is 75.5 Å². The van der Waals surface area contributed by atoms with Crippen LogP contribution in [0.3, 0.4) is 0 Å². The number of nitrogens with two attached hydrogens (primary N) is 3. The summed E-state index contributed by atoms with van der Waals surface area (Å²) in [7, 11) is 1.47. The second-order valence-corrected chi connectivity index (χ2v) is 12.0. The van der Waals surface area contributed by atoms with Gasteiger partial charge in [0.25, 0.3) is 17.7 Å². The molecule has 8 N–H and O–H groups in total. The van der Waals surface area contributed by atoms with E-state index in [-0.39, 0.29) is 43.4 Å². The highest BCUT2D eigenvalue weighted by atomic mass is 35.5. The second-order valence-electron chi connectivity index (χ2n) is 10.3. The Labute approximate surface area is 254 Å². The van der Waals surface area contributed by atoms with E-state index in [9.17, 15) is 14.4 Å². The molecule has 1 spiro atoms. The molecule has 4 unspecified atom stereocenters. The Bertz CT molecular complexity index is 1690. The number of carbonyl (C=O) groups excluding carboxylic acids is 3. The van der Waals surface area contributed by atoms with Crippen LogP contribution in [-0.4, -0.2) is 41.6 Å². The highest BCUT2D eigenvalue weighted by Gasteiger charge is 2.88. The topological polar surface area (TPSA) is 166 Å². The molecule has 3 aliphatic heterocycles. The number of rotatable bonds is 4. The highest BCUT2D eigenvalue weighted by molar-refractivity contribution is 6.40. The van der Waals surface area contributed by atoms with E-state index >= 15 is 0 Å². The van der Waals surface area contributed by atoms with Crippen LogP contribution in [0, 0.1) is 0 Å². The SMILES string of the molecule is COc1ccccc1CC1(N)NC2(C(=O)Nc3c(Cl)cc(Cl)cc32)C2(N)C(=O)N(c3cc(Cl)cc(Cl)c3)C(=O)C12N. The summed E-state index contributed by atoms with van der Waals surface area (Å²) in [5.41, 5.74) is 12.8. The number of imide groups is 1. The van der Waals surface area contributed by atoms with Gasteiger partial charge in [0.1, 0.15) is 11.4 Å². The Hall–Kier alpha value is -2.93. The van der Waals surface area contributed by atoms with Gasteiger partial charge in [-0.05, 0) is 42.0 Å². The van der Waals surface area contributed by atoms with Crippen molar-refractivity contribution in [2.45, 2.75) is 28.7 Å². The summed E-state index contributed by atoms with van der Waals surface area (Å²) in [5.74, 6) is -2.35. The number of fused-ring (bicyclic) bond motifs is 4. The van der Waals surface area contributed by atoms with E-state index in [1.54, 1.807) is 24.3 Å². The standard InChI is InChI=1S/C27H22Cl4N6O4/c1-41-19-5-3-2-4-12(19)11-24(32)26(33)22(39)37(16-7-13(28)6-14(29)8-16)23(40)27(26,34)25(36-24)17-9-15(30)10-18(31)20(17)35-21(25)38/h2-10,36H,11,32-34H2,1H3,(H,35,38). The lowest BCUT2D eigenvalue weighted by Gasteiger charge is -2.40. The minimum atomic E-state index is -2.51. The molecule has 3 amide bonds. The van der Waals surface area contributed by atoms with Gasteiger partial charge in [-0.3, -0.25) is 19.7 Å². The lowest BCUT2D eigenvalue weighted by Crippen LogP contribution is -2.80. The van der Waals surface area contributed by atoms with Crippen LogP contribution in [0.2, 0.25) is 20.1 Å². The maximum absolute atomic E-state index is 14.5. The lowest BCUT2D eigenvalue weighted by molar-refractivity contribution is -0.132. The third kappa shape index (κ3) is 3.38. The van der Waals surface area contributed by atoms with E-state index < -0.39 is 40.0 Å². The molecule has 0 aliphatic carbocycles. The molecule has 6 rings (SSSR count). The Morgan fingerprint density at radius 1 is 0.854 bits per heavy atom. The average molecular weight is 636 g/mol. The fraction of sp³-hybridized carbons (Fsp3) is 0.222. The van der Waals surface area contributed by atoms with Crippen LogP contribution < -0.4 is 37.5 Å². The Morgan fingerprint density at radius 2 is 1.46 bits per heavy atom. The maximum atomic E-state index is 14.5. The van der Waals surface area contributed by atoms with Crippen molar-refractivity contribution < 1.29 is 19.1 Å². The molecule has 3 heterocycles. The van der Waals surface area contributed by atoms with Crippen LogP contribution in [0.5, 0.6) is 5.75 Å². The fourth-order valence-electron chi connectivity index (χ4n) is 6.39. The van der Waals surface area contributed by atoms with Gasteiger partial charge in [0.15, 0.2) is 16.6 Å². The van der Waals surface area contributed by atoms with Gasteiger partial charge >= 0.3 is 0 Å². The molecule has 0 radical (unpaired) electrons. The van der Waals surface area contributed by atoms with Gasteiger partial charge in [0.2, 0.25) is 0 Å². The predicted molar refractivity (Wildman–Crippen MR) is 156 cm³/mol. The van der Waals surface area contributed by atoms with E-state index in [2.05, 4.69) is 10.6 Å². The van der Waals surface area contributed by atoms with E-state index in [1.165, 1.54) is 37.4 Å². The average Bonchev–Trinajstić information content (AvgIpc) is 3.34. The first kappa shape index (κ1) is 28.2. The van der Waals surface area contributed by atoms with Crippen molar-refractivity contribution in [2.75, 3.05) is 17.3 Å². The van der Waals surface area contributed by atoms with Gasteiger partial charge in [-0.25, -0.2) is 4.90 Å². The minimum absolute atomic E-state index is 0.000836. The quantitative estimate of drug-likeness (QED) is 0.273. The molecule has 212 valence electrons. The van der Waals surface area contributed by atoms with E-state index in [0.29, 0.717) is 11.3 Å². The normalized spacial score (nSPS) is 30.1. The lowest BCUT2D eigenvalue weighted by atomic mass is 9.65. The zero-order valence-electron chi connectivity index (χ0n) is 21.2. The van der Waals surface area contributed by atoms with Gasteiger partial charge in [-0.2, -0.15) is 0 Å². The van der Waals surface area contributed by atoms with Crippen LogP contribution in [0.4, 0.5) is 11.4 Å². The smallest absolute Gasteiger partial charge is 0.259 e.